The summed E-state index contributed by atoms with van der Waals surface area (Å²) in [5, 5.41) is 5.29. The normalized spacial score (nSPS) is 10.5. The molecule has 0 saturated heterocycles. The van der Waals surface area contributed by atoms with Gasteiger partial charge in [0.1, 0.15) is 5.01 Å². The largest absolute Gasteiger partial charge is 0.235 e. The number of aromatic nitrogens is 1. The van der Waals surface area contributed by atoms with Gasteiger partial charge in [-0.3, -0.25) is 0 Å². The van der Waals surface area contributed by atoms with Crippen LogP contribution in [0.1, 0.15) is 0 Å². The summed E-state index contributed by atoms with van der Waals surface area (Å²) in [5.41, 5.74) is 2.27. The molecule has 2 heterocycles. The quantitative estimate of drug-likeness (QED) is 0.644. The molecule has 3 aromatic rings. The fraction of sp³-hybridized carbons (Fsp3) is 0. The number of thiophene rings is 1. The van der Waals surface area contributed by atoms with E-state index in [9.17, 15) is 0 Å². The first-order valence-electron chi connectivity index (χ1n) is 4.98. The third-order valence-electron chi connectivity index (χ3n) is 2.30. The Morgan fingerprint density at radius 2 is 1.75 bits per heavy atom. The monoisotopic (exact) mass is 243 g/mol. The topological polar surface area (TPSA) is 12.9 Å². The van der Waals surface area contributed by atoms with Crippen molar-refractivity contribution < 1.29 is 0 Å². The standard InChI is InChI=1S/C13H9NS2/c1-2-5-10(6-3-1)13-14-11(9-16-13)12-7-4-8-15-12/h1-9H. The number of rotatable bonds is 2. The lowest BCUT2D eigenvalue weighted by atomic mass is 10.2. The lowest BCUT2D eigenvalue weighted by Gasteiger charge is -1.93. The predicted octanol–water partition coefficient (Wildman–Crippen LogP) is 4.54. The van der Waals surface area contributed by atoms with Gasteiger partial charge < -0.3 is 0 Å². The average molecular weight is 243 g/mol. The zero-order chi connectivity index (χ0) is 10.8. The molecule has 78 valence electrons. The number of nitrogens with zero attached hydrogens (tertiary/aromatic N) is 1. The Morgan fingerprint density at radius 1 is 0.875 bits per heavy atom. The van der Waals surface area contributed by atoms with Crippen molar-refractivity contribution in [1.82, 2.24) is 4.98 Å². The smallest absolute Gasteiger partial charge is 0.124 e. The molecule has 0 amide bonds. The molecule has 3 rings (SSSR count). The lowest BCUT2D eigenvalue weighted by molar-refractivity contribution is 1.42. The Balaban J connectivity index is 2.00. The molecule has 0 N–H and O–H groups in total. The molecule has 3 heteroatoms. The summed E-state index contributed by atoms with van der Waals surface area (Å²) in [5.74, 6) is 0. The molecule has 1 aromatic carbocycles. The lowest BCUT2D eigenvalue weighted by Crippen LogP contribution is -1.75. The van der Waals surface area contributed by atoms with Crippen LogP contribution < -0.4 is 0 Å². The third-order valence-corrected chi connectivity index (χ3v) is 4.08. The van der Waals surface area contributed by atoms with Crippen LogP contribution in [0.25, 0.3) is 21.1 Å². The highest BCUT2D eigenvalue weighted by Crippen LogP contribution is 2.30. The molecule has 0 atom stereocenters. The van der Waals surface area contributed by atoms with Gasteiger partial charge >= 0.3 is 0 Å². The van der Waals surface area contributed by atoms with E-state index >= 15 is 0 Å². The van der Waals surface area contributed by atoms with Crippen molar-refractivity contribution in [1.29, 1.82) is 0 Å². The SMILES string of the molecule is c1ccc(-c2nc(-c3cccs3)cs2)cc1. The maximum absolute atomic E-state index is 4.65. The van der Waals surface area contributed by atoms with Gasteiger partial charge in [0.05, 0.1) is 10.6 Å². The number of benzene rings is 1. The number of hydrogen-bond donors (Lipinski definition) is 0. The Bertz CT molecular complexity index is 567. The number of thiazole rings is 1. The van der Waals surface area contributed by atoms with Crippen molar-refractivity contribution in [2.45, 2.75) is 0 Å². The maximum atomic E-state index is 4.65. The summed E-state index contributed by atoms with van der Waals surface area (Å²) < 4.78 is 0. The van der Waals surface area contributed by atoms with Crippen LogP contribution in [0.5, 0.6) is 0 Å². The van der Waals surface area contributed by atoms with E-state index in [1.165, 1.54) is 10.4 Å². The van der Waals surface area contributed by atoms with Crippen molar-refractivity contribution in [3.05, 3.63) is 53.2 Å². The third kappa shape index (κ3) is 1.79. The molecular formula is C13H9NS2. The van der Waals surface area contributed by atoms with Gasteiger partial charge in [-0.1, -0.05) is 36.4 Å². The summed E-state index contributed by atoms with van der Waals surface area (Å²) in [4.78, 5) is 5.89. The zero-order valence-corrected chi connectivity index (χ0v) is 10.1. The van der Waals surface area contributed by atoms with Gasteiger partial charge in [0.2, 0.25) is 0 Å². The molecule has 16 heavy (non-hydrogen) atoms. The molecule has 0 fully saturated rings. The van der Waals surface area contributed by atoms with Crippen molar-refractivity contribution in [3.8, 4) is 21.1 Å². The van der Waals surface area contributed by atoms with Gasteiger partial charge in [0.15, 0.2) is 0 Å². The minimum Gasteiger partial charge on any atom is -0.235 e. The molecule has 0 unspecified atom stereocenters. The average Bonchev–Trinajstić information content (AvgIpc) is 3.01. The summed E-state index contributed by atoms with van der Waals surface area (Å²) in [6, 6.07) is 14.5. The van der Waals surface area contributed by atoms with E-state index < -0.39 is 0 Å². The van der Waals surface area contributed by atoms with Gasteiger partial charge in [-0.2, -0.15) is 0 Å². The highest BCUT2D eigenvalue weighted by atomic mass is 32.1. The molecule has 0 aliphatic rings. The summed E-state index contributed by atoms with van der Waals surface area (Å²) >= 11 is 3.43. The van der Waals surface area contributed by atoms with Crippen LogP contribution in [0.4, 0.5) is 0 Å². The van der Waals surface area contributed by atoms with Crippen molar-refractivity contribution in [2.24, 2.45) is 0 Å². The van der Waals surface area contributed by atoms with E-state index in [4.69, 9.17) is 0 Å². The second-order valence-corrected chi connectivity index (χ2v) is 5.19. The maximum Gasteiger partial charge on any atom is 0.124 e. The van der Waals surface area contributed by atoms with Gasteiger partial charge in [-0.25, -0.2) is 4.98 Å². The molecule has 0 aliphatic carbocycles. The molecule has 0 radical (unpaired) electrons. The summed E-state index contributed by atoms with van der Waals surface area (Å²) in [7, 11) is 0. The van der Waals surface area contributed by atoms with Crippen molar-refractivity contribution in [3.63, 3.8) is 0 Å². The van der Waals surface area contributed by atoms with Crippen LogP contribution in [0, 0.1) is 0 Å². The zero-order valence-electron chi connectivity index (χ0n) is 8.46. The van der Waals surface area contributed by atoms with Crippen LogP contribution in [-0.4, -0.2) is 4.98 Å². The van der Waals surface area contributed by atoms with E-state index in [0.29, 0.717) is 0 Å². The van der Waals surface area contributed by atoms with Crippen LogP contribution in [0.2, 0.25) is 0 Å². The van der Waals surface area contributed by atoms with Crippen LogP contribution in [0.3, 0.4) is 0 Å². The minimum absolute atomic E-state index is 1.08. The Morgan fingerprint density at radius 3 is 2.50 bits per heavy atom. The van der Waals surface area contributed by atoms with Crippen molar-refractivity contribution >= 4 is 22.7 Å². The predicted molar refractivity (Wildman–Crippen MR) is 70.9 cm³/mol. The van der Waals surface area contributed by atoms with E-state index in [1.807, 2.05) is 18.2 Å². The van der Waals surface area contributed by atoms with E-state index in [0.717, 1.165) is 10.7 Å². The van der Waals surface area contributed by atoms with Crippen LogP contribution in [-0.2, 0) is 0 Å². The highest BCUT2D eigenvalue weighted by Gasteiger charge is 2.06. The second-order valence-electron chi connectivity index (χ2n) is 3.38. The van der Waals surface area contributed by atoms with Gasteiger partial charge in [0.25, 0.3) is 0 Å². The fourth-order valence-electron chi connectivity index (χ4n) is 1.52. The first-order valence-corrected chi connectivity index (χ1v) is 6.74. The summed E-state index contributed by atoms with van der Waals surface area (Å²) in [6.07, 6.45) is 0. The van der Waals surface area contributed by atoms with Gasteiger partial charge in [0, 0.05) is 10.9 Å². The number of hydrogen-bond acceptors (Lipinski definition) is 3. The van der Waals surface area contributed by atoms with Crippen molar-refractivity contribution in [2.75, 3.05) is 0 Å². The molecule has 1 nitrogen and oxygen atoms in total. The van der Waals surface area contributed by atoms with Gasteiger partial charge in [-0.15, -0.1) is 22.7 Å². The minimum atomic E-state index is 1.08. The summed E-state index contributed by atoms with van der Waals surface area (Å²) in [6.45, 7) is 0. The first kappa shape index (κ1) is 9.75. The van der Waals surface area contributed by atoms with E-state index in [1.54, 1.807) is 22.7 Å². The molecule has 0 bridgehead atoms. The second kappa shape index (κ2) is 4.20. The van der Waals surface area contributed by atoms with Crippen LogP contribution in [0.15, 0.2) is 53.2 Å². The molecule has 0 saturated carbocycles. The molecular weight excluding hydrogens is 234 g/mol. The first-order chi connectivity index (χ1) is 7.93. The van der Waals surface area contributed by atoms with E-state index in [-0.39, 0.29) is 0 Å². The molecule has 0 aliphatic heterocycles. The molecule has 2 aromatic heterocycles. The highest BCUT2D eigenvalue weighted by molar-refractivity contribution is 7.15. The fourth-order valence-corrected chi connectivity index (χ4v) is 3.11. The Kier molecular flexibility index (Phi) is 2.56. The Hall–Kier alpha value is -1.45. The van der Waals surface area contributed by atoms with E-state index in [2.05, 4.69) is 40.0 Å². The van der Waals surface area contributed by atoms with Crippen LogP contribution >= 0.6 is 22.7 Å². The Labute approximate surface area is 102 Å². The molecule has 0 spiro atoms. The van der Waals surface area contributed by atoms with Gasteiger partial charge in [-0.05, 0) is 11.4 Å².